The van der Waals surface area contributed by atoms with Crippen LogP contribution in [0.5, 0.6) is 0 Å². The van der Waals surface area contributed by atoms with Crippen LogP contribution in [0.25, 0.3) is 0 Å². The molecule has 1 amide bonds. The molecule has 0 fully saturated rings. The molecule has 4 nitrogen and oxygen atoms in total. The molecular weight excluding hydrogens is 266 g/mol. The number of rotatable bonds is 4. The molecule has 0 aliphatic carbocycles. The number of amides is 1. The van der Waals surface area contributed by atoms with Crippen molar-refractivity contribution in [3.05, 3.63) is 34.9 Å². The average Bonchev–Trinajstić information content (AvgIpc) is 2.27. The number of alkyl carbamates (subject to hydrolysis) is 1. The molecular formula is C14H20ClNO3. The van der Waals surface area contributed by atoms with Crippen LogP contribution in [0.3, 0.4) is 0 Å². The Hall–Kier alpha value is -1.26. The van der Waals surface area contributed by atoms with E-state index in [4.69, 9.17) is 16.3 Å². The highest BCUT2D eigenvalue weighted by Gasteiger charge is 2.38. The molecule has 1 aromatic carbocycles. The summed E-state index contributed by atoms with van der Waals surface area (Å²) in [5.41, 5.74) is -0.623. The lowest BCUT2D eigenvalue weighted by Crippen LogP contribution is -2.44. The number of nitrogens with one attached hydrogen (secondary N) is 1. The van der Waals surface area contributed by atoms with Gasteiger partial charge in [-0.3, -0.25) is 0 Å². The Morgan fingerprint density at radius 2 is 1.95 bits per heavy atom. The highest BCUT2D eigenvalue weighted by Crippen LogP contribution is 2.34. The number of ether oxygens (including phenoxy) is 1. The largest absolute Gasteiger partial charge is 0.436 e. The lowest BCUT2D eigenvalue weighted by atomic mass is 9.90. The minimum absolute atomic E-state index is 0.0444. The Bertz CT molecular complexity index is 448. The van der Waals surface area contributed by atoms with Crippen molar-refractivity contribution in [3.8, 4) is 0 Å². The third kappa shape index (κ3) is 3.85. The van der Waals surface area contributed by atoms with Gasteiger partial charge in [0.1, 0.15) is 0 Å². The van der Waals surface area contributed by atoms with Crippen LogP contribution in [0.4, 0.5) is 4.79 Å². The van der Waals surface area contributed by atoms with Gasteiger partial charge in [-0.2, -0.15) is 0 Å². The first kappa shape index (κ1) is 15.8. The summed E-state index contributed by atoms with van der Waals surface area (Å²) in [5.74, 6) is 0. The van der Waals surface area contributed by atoms with Gasteiger partial charge in [0.25, 0.3) is 0 Å². The fraction of sp³-hybridized carbons (Fsp3) is 0.500. The first-order chi connectivity index (χ1) is 8.77. The van der Waals surface area contributed by atoms with Gasteiger partial charge in [0.2, 0.25) is 0 Å². The summed E-state index contributed by atoms with van der Waals surface area (Å²) in [6.45, 7) is 6.86. The maximum atomic E-state index is 11.8. The minimum atomic E-state index is -1.20. The van der Waals surface area contributed by atoms with E-state index in [-0.39, 0.29) is 6.04 Å². The Labute approximate surface area is 118 Å². The normalized spacial score (nSPS) is 15.7. The van der Waals surface area contributed by atoms with Gasteiger partial charge in [-0.1, -0.05) is 29.8 Å². The molecule has 0 bridgehead atoms. The summed E-state index contributed by atoms with van der Waals surface area (Å²) in [7, 11) is 0. The van der Waals surface area contributed by atoms with Crippen LogP contribution in [0.2, 0.25) is 5.02 Å². The van der Waals surface area contributed by atoms with Crippen LogP contribution >= 0.6 is 11.6 Å². The van der Waals surface area contributed by atoms with Gasteiger partial charge in [0.15, 0.2) is 5.60 Å². The standard InChI is InChI=1S/C14H20ClNO3/c1-9(2)16-13(18)19-14(4,10(3)17)11-7-5-6-8-12(11)15/h5-10,17H,1-4H3,(H,16,18)/t10-,14-/m0/s1. The number of carbonyl (C=O) groups excluding carboxylic acids is 1. The maximum Gasteiger partial charge on any atom is 0.408 e. The minimum Gasteiger partial charge on any atom is -0.436 e. The maximum absolute atomic E-state index is 11.8. The molecule has 0 saturated heterocycles. The molecule has 0 aliphatic heterocycles. The van der Waals surface area contributed by atoms with Crippen molar-refractivity contribution in [1.82, 2.24) is 5.32 Å². The summed E-state index contributed by atoms with van der Waals surface area (Å²) in [6, 6.07) is 6.95. The summed E-state index contributed by atoms with van der Waals surface area (Å²) < 4.78 is 5.39. The quantitative estimate of drug-likeness (QED) is 0.894. The zero-order chi connectivity index (χ0) is 14.6. The molecule has 1 aromatic rings. The molecule has 0 aliphatic rings. The molecule has 106 valence electrons. The number of aliphatic hydroxyl groups is 1. The molecule has 1 rings (SSSR count). The molecule has 0 unspecified atom stereocenters. The van der Waals surface area contributed by atoms with Gasteiger partial charge < -0.3 is 15.2 Å². The number of benzene rings is 1. The van der Waals surface area contributed by atoms with Crippen molar-refractivity contribution in [2.75, 3.05) is 0 Å². The number of halogens is 1. The molecule has 0 saturated carbocycles. The zero-order valence-electron chi connectivity index (χ0n) is 11.6. The van der Waals surface area contributed by atoms with Crippen molar-refractivity contribution in [2.24, 2.45) is 0 Å². The van der Waals surface area contributed by atoms with E-state index in [1.54, 1.807) is 38.1 Å². The fourth-order valence-electron chi connectivity index (χ4n) is 1.69. The number of hydrogen-bond donors (Lipinski definition) is 2. The lowest BCUT2D eigenvalue weighted by Gasteiger charge is -2.33. The van der Waals surface area contributed by atoms with Gasteiger partial charge >= 0.3 is 6.09 Å². The molecule has 0 spiro atoms. The van der Waals surface area contributed by atoms with E-state index in [2.05, 4.69) is 5.32 Å². The molecule has 19 heavy (non-hydrogen) atoms. The summed E-state index contributed by atoms with van der Waals surface area (Å²) in [5, 5.41) is 13.0. The fourth-order valence-corrected chi connectivity index (χ4v) is 2.01. The Kier molecular flexibility index (Phi) is 5.20. The molecule has 2 atom stereocenters. The Morgan fingerprint density at radius 3 is 2.42 bits per heavy atom. The van der Waals surface area contributed by atoms with E-state index in [9.17, 15) is 9.90 Å². The smallest absolute Gasteiger partial charge is 0.408 e. The van der Waals surface area contributed by atoms with Gasteiger partial charge in [-0.05, 0) is 33.8 Å². The molecule has 2 N–H and O–H groups in total. The van der Waals surface area contributed by atoms with E-state index in [0.717, 1.165) is 0 Å². The topological polar surface area (TPSA) is 58.6 Å². The predicted octanol–water partition coefficient (Wildman–Crippen LogP) is 3.07. The zero-order valence-corrected chi connectivity index (χ0v) is 12.4. The van der Waals surface area contributed by atoms with Gasteiger partial charge in [-0.25, -0.2) is 4.79 Å². The van der Waals surface area contributed by atoms with E-state index >= 15 is 0 Å². The number of carbonyl (C=O) groups is 1. The SMILES string of the molecule is CC(C)NC(=O)O[C@](C)(c1ccccc1Cl)[C@H](C)O. The lowest BCUT2D eigenvalue weighted by molar-refractivity contribution is -0.0671. The van der Waals surface area contributed by atoms with Crippen molar-refractivity contribution in [2.45, 2.75) is 45.4 Å². The van der Waals surface area contributed by atoms with Crippen molar-refractivity contribution in [1.29, 1.82) is 0 Å². The Morgan fingerprint density at radius 1 is 1.37 bits per heavy atom. The third-order valence-corrected chi connectivity index (χ3v) is 3.25. The van der Waals surface area contributed by atoms with Crippen LogP contribution < -0.4 is 5.32 Å². The van der Waals surface area contributed by atoms with Gasteiger partial charge in [-0.15, -0.1) is 0 Å². The van der Waals surface area contributed by atoms with Gasteiger partial charge in [0.05, 0.1) is 6.10 Å². The van der Waals surface area contributed by atoms with Gasteiger partial charge in [0, 0.05) is 16.6 Å². The van der Waals surface area contributed by atoms with Crippen LogP contribution in [-0.2, 0) is 10.3 Å². The summed E-state index contributed by atoms with van der Waals surface area (Å²) in [4.78, 5) is 11.8. The first-order valence-electron chi connectivity index (χ1n) is 6.20. The summed E-state index contributed by atoms with van der Waals surface area (Å²) >= 11 is 6.12. The van der Waals surface area contributed by atoms with Crippen LogP contribution in [0.1, 0.15) is 33.3 Å². The molecule has 5 heteroatoms. The monoisotopic (exact) mass is 285 g/mol. The number of hydrogen-bond acceptors (Lipinski definition) is 3. The van der Waals surface area contributed by atoms with Crippen LogP contribution in [0, 0.1) is 0 Å². The van der Waals surface area contributed by atoms with E-state index in [0.29, 0.717) is 10.6 Å². The van der Waals surface area contributed by atoms with Crippen LogP contribution in [-0.4, -0.2) is 23.3 Å². The Balaban J connectivity index is 3.05. The van der Waals surface area contributed by atoms with Crippen molar-refractivity contribution in [3.63, 3.8) is 0 Å². The van der Waals surface area contributed by atoms with Crippen molar-refractivity contribution >= 4 is 17.7 Å². The molecule has 0 radical (unpaired) electrons. The third-order valence-electron chi connectivity index (χ3n) is 2.92. The predicted molar refractivity (Wildman–Crippen MR) is 75.2 cm³/mol. The molecule has 0 aromatic heterocycles. The second kappa shape index (κ2) is 6.26. The highest BCUT2D eigenvalue weighted by atomic mass is 35.5. The summed E-state index contributed by atoms with van der Waals surface area (Å²) in [6.07, 6.45) is -1.48. The van der Waals surface area contributed by atoms with Crippen molar-refractivity contribution < 1.29 is 14.6 Å². The van der Waals surface area contributed by atoms with E-state index in [1.807, 2.05) is 13.8 Å². The van der Waals surface area contributed by atoms with Crippen LogP contribution in [0.15, 0.2) is 24.3 Å². The second-order valence-corrected chi connectivity index (χ2v) is 5.36. The highest BCUT2D eigenvalue weighted by molar-refractivity contribution is 6.31. The average molecular weight is 286 g/mol. The number of aliphatic hydroxyl groups excluding tert-OH is 1. The second-order valence-electron chi connectivity index (χ2n) is 4.95. The van der Waals surface area contributed by atoms with E-state index in [1.165, 1.54) is 0 Å². The first-order valence-corrected chi connectivity index (χ1v) is 6.57. The van der Waals surface area contributed by atoms with E-state index < -0.39 is 17.8 Å². The molecule has 0 heterocycles.